The molecule has 0 bridgehead atoms. The first-order valence-corrected chi connectivity index (χ1v) is 8.74. The molecule has 0 aromatic carbocycles. The molecule has 9 heteroatoms. The van der Waals surface area contributed by atoms with Gasteiger partial charge in [0.05, 0.1) is 12.2 Å². The van der Waals surface area contributed by atoms with Crippen molar-refractivity contribution >= 4 is 28.5 Å². The number of nitrogens with zero attached hydrogens (tertiary/aromatic N) is 1. The fourth-order valence-electron chi connectivity index (χ4n) is 2.78. The van der Waals surface area contributed by atoms with Gasteiger partial charge in [-0.2, -0.15) is 0 Å². The van der Waals surface area contributed by atoms with Crippen LogP contribution in [0.3, 0.4) is 0 Å². The maximum Gasteiger partial charge on any atom is 0.341 e. The van der Waals surface area contributed by atoms with Gasteiger partial charge in [0.2, 0.25) is 5.88 Å². The molecule has 1 aliphatic rings. The average molecular weight is 363 g/mol. The van der Waals surface area contributed by atoms with E-state index >= 15 is 0 Å². The number of hydrogen-bond acceptors (Lipinski definition) is 7. The van der Waals surface area contributed by atoms with E-state index < -0.39 is 23.1 Å². The average Bonchev–Trinajstić information content (AvgIpc) is 2.92. The maximum absolute atomic E-state index is 12.3. The molecule has 3 rings (SSSR count). The lowest BCUT2D eigenvalue weighted by Gasteiger charge is -2.11. The van der Waals surface area contributed by atoms with Crippen molar-refractivity contribution in [3.63, 3.8) is 0 Å². The molecular formula is C16H17N3O5S. The second-order valence-electron chi connectivity index (χ2n) is 5.54. The number of esters is 1. The summed E-state index contributed by atoms with van der Waals surface area (Å²) in [5, 5.41) is 10.2. The highest BCUT2D eigenvalue weighted by molar-refractivity contribution is 7.16. The number of ether oxygens (including phenoxy) is 1. The van der Waals surface area contributed by atoms with Gasteiger partial charge in [-0.1, -0.05) is 0 Å². The van der Waals surface area contributed by atoms with Gasteiger partial charge in [-0.05, 0) is 38.2 Å². The van der Waals surface area contributed by atoms with E-state index in [1.165, 1.54) is 11.3 Å². The van der Waals surface area contributed by atoms with Crippen molar-refractivity contribution in [1.29, 1.82) is 0 Å². The van der Waals surface area contributed by atoms with E-state index in [0.717, 1.165) is 42.3 Å². The van der Waals surface area contributed by atoms with Crippen LogP contribution in [0.25, 0.3) is 0 Å². The van der Waals surface area contributed by atoms with E-state index in [-0.39, 0.29) is 12.2 Å². The topological polar surface area (TPSA) is 125 Å². The molecule has 132 valence electrons. The predicted octanol–water partition coefficient (Wildman–Crippen LogP) is 1.64. The molecule has 0 amide bonds. The molecule has 0 saturated carbocycles. The van der Waals surface area contributed by atoms with E-state index in [9.17, 15) is 19.5 Å². The Morgan fingerprint density at radius 3 is 2.80 bits per heavy atom. The van der Waals surface area contributed by atoms with Crippen LogP contribution in [0.1, 0.15) is 46.1 Å². The number of carbonyl (C=O) groups excluding carboxylic acids is 1. The number of H-pyrrole nitrogens is 2. The van der Waals surface area contributed by atoms with Crippen LogP contribution < -0.4 is 11.2 Å². The lowest BCUT2D eigenvalue weighted by molar-refractivity contribution is 0.0526. The molecule has 3 N–H and O–H groups in total. The van der Waals surface area contributed by atoms with Crippen LogP contribution in [0.15, 0.2) is 14.6 Å². The van der Waals surface area contributed by atoms with Gasteiger partial charge in [0.25, 0.3) is 5.56 Å². The van der Waals surface area contributed by atoms with Crippen molar-refractivity contribution in [2.45, 2.75) is 32.6 Å². The Morgan fingerprint density at radius 1 is 1.32 bits per heavy atom. The number of carbonyl (C=O) groups is 1. The van der Waals surface area contributed by atoms with Crippen molar-refractivity contribution in [2.75, 3.05) is 6.61 Å². The minimum Gasteiger partial charge on any atom is -0.494 e. The van der Waals surface area contributed by atoms with Crippen molar-refractivity contribution in [3.05, 3.63) is 42.4 Å². The second-order valence-corrected chi connectivity index (χ2v) is 6.62. The third-order valence-corrected chi connectivity index (χ3v) is 5.10. The van der Waals surface area contributed by atoms with Crippen molar-refractivity contribution < 1.29 is 14.6 Å². The summed E-state index contributed by atoms with van der Waals surface area (Å²) in [5.74, 6) is -1.01. The van der Waals surface area contributed by atoms with Crippen molar-refractivity contribution in [3.8, 4) is 5.88 Å². The van der Waals surface area contributed by atoms with E-state index in [2.05, 4.69) is 9.98 Å². The first-order chi connectivity index (χ1) is 12.0. The van der Waals surface area contributed by atoms with Gasteiger partial charge in [0, 0.05) is 11.1 Å². The quantitative estimate of drug-likeness (QED) is 0.562. The molecule has 2 aromatic heterocycles. The number of hydrogen-bond donors (Lipinski definition) is 3. The highest BCUT2D eigenvalue weighted by Crippen LogP contribution is 2.40. The normalized spacial score (nSPS) is 13.8. The van der Waals surface area contributed by atoms with Crippen LogP contribution in [-0.4, -0.2) is 33.9 Å². The van der Waals surface area contributed by atoms with Gasteiger partial charge in [-0.15, -0.1) is 11.3 Å². The smallest absolute Gasteiger partial charge is 0.341 e. The Hall–Kier alpha value is -2.68. The second kappa shape index (κ2) is 7.06. The Balaban J connectivity index is 2.05. The Labute approximate surface area is 146 Å². The summed E-state index contributed by atoms with van der Waals surface area (Å²) in [6, 6.07) is 0. The minimum atomic E-state index is -0.807. The summed E-state index contributed by atoms with van der Waals surface area (Å²) in [4.78, 5) is 44.7. The summed E-state index contributed by atoms with van der Waals surface area (Å²) in [6.45, 7) is 1.99. The monoisotopic (exact) mass is 363 g/mol. The highest BCUT2D eigenvalue weighted by atomic mass is 32.1. The van der Waals surface area contributed by atoms with Crippen LogP contribution in [-0.2, 0) is 17.6 Å². The number of aromatic amines is 2. The van der Waals surface area contributed by atoms with E-state index in [4.69, 9.17) is 4.74 Å². The predicted molar refractivity (Wildman–Crippen MR) is 93.5 cm³/mol. The standard InChI is InChI=1S/C16H17N3O5S/c1-2-24-15(22)11-8-5-3-4-6-10(8)25-14(11)17-7-9-12(20)18-16(23)19-13(9)21/h7H,2-6H2,1H3,(H3,18,19,20,21,23). The fourth-order valence-corrected chi connectivity index (χ4v) is 4.00. The molecule has 0 spiro atoms. The third-order valence-electron chi connectivity index (χ3n) is 3.90. The number of aromatic hydroxyl groups is 1. The Bertz CT molecular complexity index is 954. The molecule has 0 aliphatic heterocycles. The summed E-state index contributed by atoms with van der Waals surface area (Å²) in [5.41, 5.74) is -0.358. The number of nitrogens with one attached hydrogen (secondary N) is 2. The van der Waals surface area contributed by atoms with Gasteiger partial charge in [-0.3, -0.25) is 14.8 Å². The molecule has 0 radical (unpaired) electrons. The highest BCUT2D eigenvalue weighted by Gasteiger charge is 2.26. The zero-order chi connectivity index (χ0) is 18.0. The lowest BCUT2D eigenvalue weighted by Crippen LogP contribution is -2.24. The molecular weight excluding hydrogens is 346 g/mol. The summed E-state index contributed by atoms with van der Waals surface area (Å²) >= 11 is 1.39. The first kappa shape index (κ1) is 17.2. The Kier molecular flexibility index (Phi) is 4.84. The number of fused-ring (bicyclic) bond motifs is 1. The van der Waals surface area contributed by atoms with Crippen LogP contribution in [0, 0.1) is 0 Å². The summed E-state index contributed by atoms with van der Waals surface area (Å²) in [7, 11) is 0. The van der Waals surface area contributed by atoms with Crippen molar-refractivity contribution in [2.24, 2.45) is 4.99 Å². The van der Waals surface area contributed by atoms with Crippen molar-refractivity contribution in [1.82, 2.24) is 9.97 Å². The van der Waals surface area contributed by atoms with Gasteiger partial charge < -0.3 is 9.84 Å². The van der Waals surface area contributed by atoms with E-state index in [0.29, 0.717) is 10.6 Å². The summed E-state index contributed by atoms with van der Waals surface area (Å²) in [6.07, 6.45) is 4.87. The minimum absolute atomic E-state index is 0.180. The van der Waals surface area contributed by atoms with Crippen LogP contribution >= 0.6 is 11.3 Å². The molecule has 0 atom stereocenters. The third kappa shape index (κ3) is 3.41. The molecule has 8 nitrogen and oxygen atoms in total. The number of aliphatic imine (C=N–C) groups is 1. The molecule has 0 saturated heterocycles. The molecule has 2 aromatic rings. The lowest BCUT2D eigenvalue weighted by atomic mass is 9.95. The summed E-state index contributed by atoms with van der Waals surface area (Å²) < 4.78 is 5.14. The van der Waals surface area contributed by atoms with Gasteiger partial charge in [-0.25, -0.2) is 14.6 Å². The molecule has 25 heavy (non-hydrogen) atoms. The number of rotatable bonds is 4. The molecule has 0 fully saturated rings. The molecule has 1 aliphatic carbocycles. The fraction of sp³-hybridized carbons (Fsp3) is 0.375. The molecule has 2 heterocycles. The zero-order valence-corrected chi connectivity index (χ0v) is 14.4. The van der Waals surface area contributed by atoms with E-state index in [1.54, 1.807) is 6.92 Å². The molecule has 0 unspecified atom stereocenters. The Morgan fingerprint density at radius 2 is 2.08 bits per heavy atom. The largest absolute Gasteiger partial charge is 0.494 e. The van der Waals surface area contributed by atoms with Crippen LogP contribution in [0.5, 0.6) is 5.88 Å². The first-order valence-electron chi connectivity index (χ1n) is 7.92. The van der Waals surface area contributed by atoms with Crippen LogP contribution in [0.2, 0.25) is 0 Å². The van der Waals surface area contributed by atoms with Gasteiger partial charge in [0.15, 0.2) is 0 Å². The number of aromatic nitrogens is 2. The van der Waals surface area contributed by atoms with Gasteiger partial charge >= 0.3 is 11.7 Å². The SMILES string of the molecule is CCOC(=O)c1c(N=Cc2c(O)[nH]c(=O)[nH]c2=O)sc2c1CCCC2. The number of thiophene rings is 1. The van der Waals surface area contributed by atoms with E-state index in [1.807, 2.05) is 4.98 Å². The van der Waals surface area contributed by atoms with Crippen LogP contribution in [0.4, 0.5) is 5.00 Å². The number of aryl methyl sites for hydroxylation is 1. The zero-order valence-electron chi connectivity index (χ0n) is 13.5. The maximum atomic E-state index is 12.3. The van der Waals surface area contributed by atoms with Gasteiger partial charge in [0.1, 0.15) is 10.6 Å².